The van der Waals surface area contributed by atoms with E-state index >= 15 is 0 Å². The van der Waals surface area contributed by atoms with Gasteiger partial charge in [0.25, 0.3) is 5.56 Å². The Morgan fingerprint density at radius 1 is 1.23 bits per heavy atom. The van der Waals surface area contributed by atoms with Crippen molar-refractivity contribution in [2.24, 2.45) is 19.2 Å². The number of hydrazone groups is 1. The lowest BCUT2D eigenvalue weighted by atomic mass is 10.5. The Kier molecular flexibility index (Phi) is 5.25. The highest BCUT2D eigenvalue weighted by atomic mass is 35.5. The molecule has 0 amide bonds. The molecule has 0 aliphatic rings. The van der Waals surface area contributed by atoms with Crippen LogP contribution in [0, 0.1) is 0 Å². The minimum Gasteiger partial charge on any atom is -0.331 e. The molecule has 0 radical (unpaired) electrons. The topological polar surface area (TPSA) is 88.3 Å². The predicted molar refractivity (Wildman–Crippen MR) is 87.2 cm³/mol. The number of nitrogens with zero attached hydrogens (tertiary/aromatic N) is 5. The Hall–Kier alpha value is -1.80. The fraction of sp³-hybridized carbons (Fsp3) is 0.500. The number of alkyl halides is 2. The number of nitrogens with one attached hydrogen (secondary N) is 1. The first kappa shape index (κ1) is 16.6. The quantitative estimate of drug-likeness (QED) is 0.455. The molecule has 0 saturated carbocycles. The molecule has 0 bridgehead atoms. The number of halogens is 2. The Bertz CT molecular complexity index is 800. The Balaban J connectivity index is 2.42. The number of fused-ring (bicyclic) bond motifs is 1. The minimum atomic E-state index is -0.432. The highest BCUT2D eigenvalue weighted by molar-refractivity contribution is 6.18. The summed E-state index contributed by atoms with van der Waals surface area (Å²) in [6.07, 6.45) is 1.48. The monoisotopic (exact) mass is 346 g/mol. The van der Waals surface area contributed by atoms with Crippen molar-refractivity contribution in [1.82, 2.24) is 24.1 Å². The molecule has 0 fully saturated rings. The number of rotatable bonds is 6. The average Bonchev–Trinajstić information content (AvgIpc) is 2.93. The van der Waals surface area contributed by atoms with Gasteiger partial charge in [-0.15, -0.1) is 23.2 Å². The second-order valence-electron chi connectivity index (χ2n) is 4.60. The van der Waals surface area contributed by atoms with Crippen LogP contribution in [-0.4, -0.2) is 55.2 Å². The van der Waals surface area contributed by atoms with E-state index in [2.05, 4.69) is 15.1 Å². The van der Waals surface area contributed by atoms with Crippen molar-refractivity contribution in [2.45, 2.75) is 0 Å². The van der Waals surface area contributed by atoms with Crippen molar-refractivity contribution in [3.63, 3.8) is 0 Å². The van der Waals surface area contributed by atoms with Crippen LogP contribution in [0.5, 0.6) is 0 Å². The first-order valence-electron chi connectivity index (χ1n) is 6.56. The smallest absolute Gasteiger partial charge is 0.331 e. The van der Waals surface area contributed by atoms with Crippen LogP contribution in [-0.2, 0) is 14.1 Å². The number of aryl methyl sites for hydroxylation is 1. The number of aromatic nitrogens is 4. The summed E-state index contributed by atoms with van der Waals surface area (Å²) in [5.74, 6) is 1.22. The van der Waals surface area contributed by atoms with Crippen molar-refractivity contribution in [3.05, 3.63) is 26.7 Å². The van der Waals surface area contributed by atoms with Crippen LogP contribution < -0.4 is 11.2 Å². The lowest BCUT2D eigenvalue weighted by Crippen LogP contribution is -2.36. The van der Waals surface area contributed by atoms with Gasteiger partial charge in [-0.05, 0) is 0 Å². The fourth-order valence-corrected chi connectivity index (χ4v) is 2.35. The molecule has 0 unspecified atom stereocenters. The van der Waals surface area contributed by atoms with Gasteiger partial charge in [-0.3, -0.25) is 18.9 Å². The van der Waals surface area contributed by atoms with Crippen molar-refractivity contribution >= 4 is 40.6 Å². The summed E-state index contributed by atoms with van der Waals surface area (Å²) in [6.45, 7) is 1.09. The standard InChI is InChI=1S/C12H16Cl2N6O2/c1-18-10-9(11(21)19(2)12(18)22)16-8(17-10)7-15-20(5-3-13)6-4-14/h7H,3-6H2,1-2H3,(H,16,17). The summed E-state index contributed by atoms with van der Waals surface area (Å²) in [6, 6.07) is 0. The maximum atomic E-state index is 12.0. The summed E-state index contributed by atoms with van der Waals surface area (Å²) in [5, 5.41) is 5.92. The van der Waals surface area contributed by atoms with Crippen LogP contribution in [0.2, 0.25) is 0 Å². The fourth-order valence-electron chi connectivity index (χ4n) is 1.96. The summed E-state index contributed by atoms with van der Waals surface area (Å²) in [5.41, 5.74) is -0.315. The molecular weight excluding hydrogens is 331 g/mol. The van der Waals surface area contributed by atoms with Gasteiger partial charge in [0.2, 0.25) is 0 Å². The zero-order valence-corrected chi connectivity index (χ0v) is 13.7. The highest BCUT2D eigenvalue weighted by Crippen LogP contribution is 2.03. The highest BCUT2D eigenvalue weighted by Gasteiger charge is 2.12. The van der Waals surface area contributed by atoms with Crippen LogP contribution in [0.25, 0.3) is 11.2 Å². The molecule has 0 aromatic carbocycles. The number of aromatic amines is 1. The Labute approximate surface area is 136 Å². The lowest BCUT2D eigenvalue weighted by Gasteiger charge is -2.15. The van der Waals surface area contributed by atoms with E-state index in [0.29, 0.717) is 30.7 Å². The van der Waals surface area contributed by atoms with Crippen LogP contribution >= 0.6 is 23.2 Å². The third kappa shape index (κ3) is 3.17. The maximum absolute atomic E-state index is 12.0. The summed E-state index contributed by atoms with van der Waals surface area (Å²) in [4.78, 5) is 31.0. The van der Waals surface area contributed by atoms with Crippen molar-refractivity contribution in [2.75, 3.05) is 24.8 Å². The van der Waals surface area contributed by atoms with E-state index in [-0.39, 0.29) is 11.2 Å². The SMILES string of the molecule is Cn1c(=O)c2[nH]c(C=NN(CCCl)CCCl)nc2n(C)c1=O. The number of hydrogen-bond acceptors (Lipinski definition) is 5. The van der Waals surface area contributed by atoms with Gasteiger partial charge in [0.1, 0.15) is 5.52 Å². The molecule has 120 valence electrons. The molecule has 0 aliphatic carbocycles. The van der Waals surface area contributed by atoms with Crippen LogP contribution in [0.15, 0.2) is 14.7 Å². The van der Waals surface area contributed by atoms with Crippen molar-refractivity contribution in [3.8, 4) is 0 Å². The van der Waals surface area contributed by atoms with Gasteiger partial charge in [0, 0.05) is 38.9 Å². The molecule has 0 spiro atoms. The molecule has 0 aliphatic heterocycles. The molecule has 0 atom stereocenters. The third-order valence-corrected chi connectivity index (χ3v) is 3.48. The largest absolute Gasteiger partial charge is 0.332 e. The zero-order chi connectivity index (χ0) is 16.3. The van der Waals surface area contributed by atoms with Gasteiger partial charge < -0.3 is 4.98 Å². The van der Waals surface area contributed by atoms with E-state index < -0.39 is 11.2 Å². The molecule has 0 saturated heterocycles. The summed E-state index contributed by atoms with van der Waals surface area (Å²) >= 11 is 11.4. The van der Waals surface area contributed by atoms with Crippen molar-refractivity contribution in [1.29, 1.82) is 0 Å². The zero-order valence-electron chi connectivity index (χ0n) is 12.2. The summed E-state index contributed by atoms with van der Waals surface area (Å²) in [7, 11) is 2.97. The molecule has 10 heteroatoms. The van der Waals surface area contributed by atoms with Crippen LogP contribution in [0.3, 0.4) is 0 Å². The molecule has 2 aromatic heterocycles. The van der Waals surface area contributed by atoms with Gasteiger partial charge in [-0.25, -0.2) is 9.78 Å². The van der Waals surface area contributed by atoms with Crippen LogP contribution in [0.1, 0.15) is 5.82 Å². The Morgan fingerprint density at radius 2 is 1.86 bits per heavy atom. The van der Waals surface area contributed by atoms with Gasteiger partial charge >= 0.3 is 5.69 Å². The van der Waals surface area contributed by atoms with Crippen LogP contribution in [0.4, 0.5) is 0 Å². The van der Waals surface area contributed by atoms with Crippen molar-refractivity contribution < 1.29 is 0 Å². The van der Waals surface area contributed by atoms with Gasteiger partial charge in [-0.2, -0.15) is 5.10 Å². The maximum Gasteiger partial charge on any atom is 0.332 e. The van der Waals surface area contributed by atoms with E-state index in [1.165, 1.54) is 17.8 Å². The minimum absolute atomic E-state index is 0.257. The lowest BCUT2D eigenvalue weighted by molar-refractivity contribution is 0.327. The van der Waals surface area contributed by atoms with E-state index in [1.54, 1.807) is 12.1 Å². The molecule has 2 rings (SSSR count). The number of hydrogen-bond donors (Lipinski definition) is 1. The summed E-state index contributed by atoms with van der Waals surface area (Å²) < 4.78 is 2.33. The van der Waals surface area contributed by atoms with E-state index in [9.17, 15) is 9.59 Å². The van der Waals surface area contributed by atoms with Gasteiger partial charge in [-0.1, -0.05) is 0 Å². The second-order valence-corrected chi connectivity index (χ2v) is 5.36. The number of imidazole rings is 1. The average molecular weight is 347 g/mol. The molecule has 2 heterocycles. The normalized spacial score (nSPS) is 11.6. The molecular formula is C12H16Cl2N6O2. The first-order chi connectivity index (χ1) is 10.5. The molecule has 2 aromatic rings. The molecule has 8 nitrogen and oxygen atoms in total. The van der Waals surface area contributed by atoms with Gasteiger partial charge in [0.15, 0.2) is 11.5 Å². The Morgan fingerprint density at radius 3 is 2.45 bits per heavy atom. The predicted octanol–water partition coefficient (Wildman–Crippen LogP) is 0.0738. The molecule has 22 heavy (non-hydrogen) atoms. The van der Waals surface area contributed by atoms with E-state index in [4.69, 9.17) is 23.2 Å². The second kappa shape index (κ2) is 6.97. The van der Waals surface area contributed by atoms with E-state index in [1.807, 2.05) is 0 Å². The third-order valence-electron chi connectivity index (χ3n) is 3.14. The van der Waals surface area contributed by atoms with Gasteiger partial charge in [0.05, 0.1) is 6.21 Å². The van der Waals surface area contributed by atoms with E-state index in [0.717, 1.165) is 4.57 Å². The molecule has 1 N–H and O–H groups in total. The first-order valence-corrected chi connectivity index (χ1v) is 7.63. The number of H-pyrrole nitrogens is 1.